The maximum absolute atomic E-state index is 13.2. The van der Waals surface area contributed by atoms with Crippen LogP contribution in [0.2, 0.25) is 0 Å². The van der Waals surface area contributed by atoms with Crippen LogP contribution in [0.15, 0.2) is 52.2 Å². The van der Waals surface area contributed by atoms with Gasteiger partial charge >= 0.3 is 6.03 Å². The number of nitrogens with one attached hydrogen (secondary N) is 1. The molecule has 0 radical (unpaired) electrons. The minimum atomic E-state index is -0.918. The highest BCUT2D eigenvalue weighted by molar-refractivity contribution is 6.09. The number of amides is 4. The zero-order chi connectivity index (χ0) is 21.8. The predicted molar refractivity (Wildman–Crippen MR) is 112 cm³/mol. The Hall–Kier alpha value is -3.42. The van der Waals surface area contributed by atoms with Crippen molar-refractivity contribution in [1.29, 1.82) is 0 Å². The lowest BCUT2D eigenvalue weighted by molar-refractivity contribution is -0.140. The van der Waals surface area contributed by atoms with Crippen LogP contribution in [-0.4, -0.2) is 45.5 Å². The molecule has 31 heavy (non-hydrogen) atoms. The maximum atomic E-state index is 13.2. The molecule has 8 heteroatoms. The van der Waals surface area contributed by atoms with E-state index in [0.717, 1.165) is 34.6 Å². The smallest absolute Gasteiger partial charge is 0.325 e. The monoisotopic (exact) mass is 420 g/mol. The maximum Gasteiger partial charge on any atom is 0.325 e. The minimum absolute atomic E-state index is 0.137. The van der Waals surface area contributed by atoms with Gasteiger partial charge in [0.15, 0.2) is 0 Å². The first kappa shape index (κ1) is 19.5. The Morgan fingerprint density at radius 1 is 1.23 bits per heavy atom. The van der Waals surface area contributed by atoms with Crippen molar-refractivity contribution >= 4 is 23.6 Å². The molecule has 1 saturated heterocycles. The molecule has 2 aromatic rings. The number of imide groups is 1. The summed E-state index contributed by atoms with van der Waals surface area (Å²) in [6, 6.07) is 10.6. The molecule has 5 rings (SSSR count). The Balaban J connectivity index is 1.40. The lowest BCUT2D eigenvalue weighted by atomic mass is 9.96. The standard InChI is InChI=1S/C23H24N4O4/c1-14-5-7-15(8-6-14)17-12-18(19-4-3-11-31-19)27(25-17)20(28)13-26-21(29)23(2,16-9-10-16)24-22(26)30/h3-8,11,16,18H,9-10,12-13H2,1-2H3,(H,24,30). The molecular weight excluding hydrogens is 396 g/mol. The first-order valence-corrected chi connectivity index (χ1v) is 10.5. The number of rotatable bonds is 5. The third kappa shape index (κ3) is 3.32. The SMILES string of the molecule is Cc1ccc(C2=NN(C(=O)CN3C(=O)NC(C)(C4CC4)C3=O)C(c3ccco3)C2)cc1. The van der Waals surface area contributed by atoms with Gasteiger partial charge in [-0.25, -0.2) is 9.80 Å². The fourth-order valence-electron chi connectivity index (χ4n) is 4.37. The fourth-order valence-corrected chi connectivity index (χ4v) is 4.37. The first-order chi connectivity index (χ1) is 14.9. The van der Waals surface area contributed by atoms with E-state index in [0.29, 0.717) is 12.2 Å². The molecule has 1 aliphatic carbocycles. The van der Waals surface area contributed by atoms with Crippen LogP contribution >= 0.6 is 0 Å². The lowest BCUT2D eigenvalue weighted by Gasteiger charge is -2.23. The van der Waals surface area contributed by atoms with Crippen molar-refractivity contribution in [3.8, 4) is 0 Å². The molecule has 2 atom stereocenters. The molecule has 2 unspecified atom stereocenters. The zero-order valence-electron chi connectivity index (χ0n) is 17.5. The van der Waals surface area contributed by atoms with E-state index in [9.17, 15) is 14.4 Å². The van der Waals surface area contributed by atoms with Crippen molar-refractivity contribution in [2.24, 2.45) is 11.0 Å². The molecule has 160 valence electrons. The van der Waals surface area contributed by atoms with Gasteiger partial charge < -0.3 is 9.73 Å². The van der Waals surface area contributed by atoms with E-state index < -0.39 is 23.5 Å². The van der Waals surface area contributed by atoms with Crippen LogP contribution in [0.1, 0.15) is 49.1 Å². The van der Waals surface area contributed by atoms with E-state index in [1.54, 1.807) is 25.3 Å². The van der Waals surface area contributed by atoms with Crippen LogP contribution in [0.3, 0.4) is 0 Å². The highest BCUT2D eigenvalue weighted by Gasteiger charge is 2.56. The normalized spacial score (nSPS) is 25.7. The lowest BCUT2D eigenvalue weighted by Crippen LogP contribution is -2.47. The molecule has 8 nitrogen and oxygen atoms in total. The van der Waals surface area contributed by atoms with Crippen LogP contribution < -0.4 is 5.32 Å². The summed E-state index contributed by atoms with van der Waals surface area (Å²) in [5, 5.41) is 8.70. The van der Waals surface area contributed by atoms with Crippen molar-refractivity contribution in [1.82, 2.24) is 15.2 Å². The molecule has 2 fully saturated rings. The summed E-state index contributed by atoms with van der Waals surface area (Å²) in [4.78, 5) is 39.6. The average Bonchev–Trinajstić information content (AvgIpc) is 3.22. The third-order valence-electron chi connectivity index (χ3n) is 6.41. The highest BCUT2D eigenvalue weighted by Crippen LogP contribution is 2.42. The van der Waals surface area contributed by atoms with Gasteiger partial charge in [0, 0.05) is 6.42 Å². The van der Waals surface area contributed by atoms with Gasteiger partial charge in [-0.3, -0.25) is 14.5 Å². The molecule has 0 bridgehead atoms. The molecular formula is C23H24N4O4. The Kier molecular flexibility index (Phi) is 4.46. The Morgan fingerprint density at radius 2 is 1.97 bits per heavy atom. The number of nitrogens with zero attached hydrogens (tertiary/aromatic N) is 3. The van der Waals surface area contributed by atoms with Gasteiger partial charge in [-0.15, -0.1) is 0 Å². The van der Waals surface area contributed by atoms with Gasteiger partial charge in [0.25, 0.3) is 11.8 Å². The minimum Gasteiger partial charge on any atom is -0.467 e. The molecule has 0 spiro atoms. The predicted octanol–water partition coefficient (Wildman–Crippen LogP) is 2.99. The van der Waals surface area contributed by atoms with Crippen LogP contribution in [0.25, 0.3) is 0 Å². The number of hydrogen-bond donors (Lipinski definition) is 1. The van der Waals surface area contributed by atoms with E-state index in [1.165, 1.54) is 5.01 Å². The van der Waals surface area contributed by atoms with Crippen molar-refractivity contribution in [3.05, 3.63) is 59.5 Å². The number of benzene rings is 1. The number of hydrazone groups is 1. The number of urea groups is 1. The summed E-state index contributed by atoms with van der Waals surface area (Å²) in [5.74, 6) is -0.0195. The molecule has 4 amide bonds. The summed E-state index contributed by atoms with van der Waals surface area (Å²) in [7, 11) is 0. The Morgan fingerprint density at radius 3 is 2.61 bits per heavy atom. The van der Waals surface area contributed by atoms with E-state index in [1.807, 2.05) is 31.2 Å². The van der Waals surface area contributed by atoms with E-state index in [2.05, 4.69) is 10.4 Å². The van der Waals surface area contributed by atoms with Crippen LogP contribution in [0, 0.1) is 12.8 Å². The summed E-state index contributed by atoms with van der Waals surface area (Å²) in [6.07, 6.45) is 3.85. The quantitative estimate of drug-likeness (QED) is 0.753. The average molecular weight is 420 g/mol. The number of carbonyl (C=O) groups excluding carboxylic acids is 3. The molecule has 1 saturated carbocycles. The number of furan rings is 1. The highest BCUT2D eigenvalue weighted by atomic mass is 16.3. The fraction of sp³-hybridized carbons (Fsp3) is 0.391. The molecule has 2 aliphatic heterocycles. The van der Waals surface area contributed by atoms with Gasteiger partial charge in [0.1, 0.15) is 23.9 Å². The Bertz CT molecular complexity index is 1070. The van der Waals surface area contributed by atoms with Gasteiger partial charge in [-0.2, -0.15) is 5.10 Å². The van der Waals surface area contributed by atoms with Gasteiger partial charge in [0.05, 0.1) is 12.0 Å². The van der Waals surface area contributed by atoms with Crippen LogP contribution in [0.4, 0.5) is 4.79 Å². The summed E-state index contributed by atoms with van der Waals surface area (Å²) < 4.78 is 5.56. The summed E-state index contributed by atoms with van der Waals surface area (Å²) in [5.41, 5.74) is 1.90. The largest absolute Gasteiger partial charge is 0.467 e. The molecule has 1 aromatic heterocycles. The molecule has 3 aliphatic rings. The number of aryl methyl sites for hydroxylation is 1. The topological polar surface area (TPSA) is 95.2 Å². The summed E-state index contributed by atoms with van der Waals surface area (Å²) >= 11 is 0. The zero-order valence-corrected chi connectivity index (χ0v) is 17.5. The second-order valence-corrected chi connectivity index (χ2v) is 8.68. The van der Waals surface area contributed by atoms with Crippen molar-refractivity contribution in [2.75, 3.05) is 6.54 Å². The van der Waals surface area contributed by atoms with Crippen LogP contribution in [0.5, 0.6) is 0 Å². The van der Waals surface area contributed by atoms with Crippen LogP contribution in [-0.2, 0) is 9.59 Å². The van der Waals surface area contributed by atoms with E-state index >= 15 is 0 Å². The van der Waals surface area contributed by atoms with Gasteiger partial charge in [-0.1, -0.05) is 29.8 Å². The Labute approximate surface area is 179 Å². The third-order valence-corrected chi connectivity index (χ3v) is 6.41. The number of hydrogen-bond acceptors (Lipinski definition) is 5. The second kappa shape index (κ2) is 7.08. The van der Waals surface area contributed by atoms with Gasteiger partial charge in [0.2, 0.25) is 0 Å². The van der Waals surface area contributed by atoms with Crippen molar-refractivity contribution in [2.45, 2.75) is 44.7 Å². The second-order valence-electron chi connectivity index (χ2n) is 8.68. The first-order valence-electron chi connectivity index (χ1n) is 10.5. The van der Waals surface area contributed by atoms with Crippen molar-refractivity contribution in [3.63, 3.8) is 0 Å². The number of carbonyl (C=O) groups is 3. The molecule has 1 N–H and O–H groups in total. The van der Waals surface area contributed by atoms with E-state index in [4.69, 9.17) is 4.42 Å². The van der Waals surface area contributed by atoms with Crippen molar-refractivity contribution < 1.29 is 18.8 Å². The summed E-state index contributed by atoms with van der Waals surface area (Å²) in [6.45, 7) is 3.40. The van der Waals surface area contributed by atoms with Gasteiger partial charge in [-0.05, 0) is 50.3 Å². The molecule has 3 heterocycles. The van der Waals surface area contributed by atoms with E-state index in [-0.39, 0.29) is 18.4 Å². The molecule has 1 aromatic carbocycles.